The van der Waals surface area contributed by atoms with Gasteiger partial charge >= 0.3 is 0 Å². The third-order valence-corrected chi connectivity index (χ3v) is 4.56. The highest BCUT2D eigenvalue weighted by molar-refractivity contribution is 6.30. The van der Waals surface area contributed by atoms with Crippen molar-refractivity contribution in [1.29, 1.82) is 0 Å². The van der Waals surface area contributed by atoms with Crippen molar-refractivity contribution in [2.75, 3.05) is 37.6 Å². The quantitative estimate of drug-likeness (QED) is 0.629. The van der Waals surface area contributed by atoms with Gasteiger partial charge in [-0.15, -0.1) is 0 Å². The molecule has 1 atom stereocenters. The van der Waals surface area contributed by atoms with Crippen LogP contribution in [0.25, 0.3) is 0 Å². The number of halogens is 1. The van der Waals surface area contributed by atoms with Crippen LogP contribution in [0.3, 0.4) is 0 Å². The molecule has 0 bridgehead atoms. The summed E-state index contributed by atoms with van der Waals surface area (Å²) in [5.74, 6) is 0. The van der Waals surface area contributed by atoms with Crippen LogP contribution in [0.15, 0.2) is 48.7 Å². The van der Waals surface area contributed by atoms with Crippen LogP contribution in [-0.4, -0.2) is 37.8 Å². The van der Waals surface area contributed by atoms with Crippen LogP contribution in [0.1, 0.15) is 11.8 Å². The number of rotatable bonds is 4. The van der Waals surface area contributed by atoms with E-state index in [1.165, 1.54) is 11.1 Å². The number of aromatic nitrogens is 1. The van der Waals surface area contributed by atoms with Gasteiger partial charge in [-0.25, -0.2) is 0 Å². The highest BCUT2D eigenvalue weighted by Gasteiger charge is 2.26. The second-order valence-corrected chi connectivity index (χ2v) is 6.32. The topological polar surface area (TPSA) is 54.9 Å². The lowest BCUT2D eigenvalue weighted by Crippen LogP contribution is -3.15. The zero-order valence-electron chi connectivity index (χ0n) is 12.9. The van der Waals surface area contributed by atoms with Crippen LogP contribution in [0.2, 0.25) is 5.02 Å². The van der Waals surface area contributed by atoms with E-state index in [4.69, 9.17) is 11.6 Å². The van der Waals surface area contributed by atoms with Gasteiger partial charge in [-0.1, -0.05) is 17.7 Å². The molecule has 2 heterocycles. The summed E-state index contributed by atoms with van der Waals surface area (Å²) in [4.78, 5) is 3.61. The zero-order valence-corrected chi connectivity index (χ0v) is 13.6. The number of pyridine rings is 1. The predicted molar refractivity (Wildman–Crippen MR) is 89.6 cm³/mol. The Bertz CT molecular complexity index is 660. The van der Waals surface area contributed by atoms with Crippen LogP contribution in [0.4, 0.5) is 5.69 Å². The molecule has 23 heavy (non-hydrogen) atoms. The number of anilines is 1. The lowest BCUT2D eigenvalue weighted by molar-refractivity contribution is -0.905. The fraction of sp³-hybridized carbons (Fsp3) is 0.353. The maximum Gasteiger partial charge on any atom is 0.227 e. The molecule has 0 spiro atoms. The zero-order chi connectivity index (χ0) is 16.2. The maximum atomic E-state index is 11.7. The summed E-state index contributed by atoms with van der Waals surface area (Å²) in [5.41, 5.74) is 1.55. The Morgan fingerprint density at radius 2 is 2.00 bits per heavy atom. The Morgan fingerprint density at radius 1 is 1.22 bits per heavy atom. The average Bonchev–Trinajstić information content (AvgIpc) is 2.56. The maximum absolute atomic E-state index is 11.7. The number of aliphatic hydroxyl groups excluding tert-OH is 1. The van der Waals surface area contributed by atoms with Gasteiger partial charge in [0.15, 0.2) is 12.3 Å². The molecule has 1 aromatic heterocycles. The van der Waals surface area contributed by atoms with Crippen molar-refractivity contribution in [3.63, 3.8) is 0 Å². The number of nitrogens with one attached hydrogen (secondary N) is 1. The third-order valence-electron chi connectivity index (χ3n) is 4.32. The summed E-state index contributed by atoms with van der Waals surface area (Å²) >= 11 is 6.05. The third kappa shape index (κ3) is 3.93. The van der Waals surface area contributed by atoms with Crippen molar-refractivity contribution >= 4 is 17.3 Å². The molecule has 0 aliphatic carbocycles. The lowest BCUT2D eigenvalue weighted by atomic mass is 10.2. The number of piperazine rings is 1. The average molecular weight is 335 g/mol. The molecule has 2 aromatic rings. The van der Waals surface area contributed by atoms with Gasteiger partial charge in [-0.05, 0) is 24.3 Å². The predicted octanol–water partition coefficient (Wildman–Crippen LogP) is 0.412. The molecule has 2 N–H and O–H groups in total. The molecular formula is C17H21ClN3O2+. The molecule has 1 saturated heterocycles. The molecule has 122 valence electrons. The van der Waals surface area contributed by atoms with Gasteiger partial charge in [-0.2, -0.15) is 4.73 Å². The molecule has 3 rings (SSSR count). The van der Waals surface area contributed by atoms with Gasteiger partial charge in [0.2, 0.25) is 5.69 Å². The largest absolute Gasteiger partial charge is 0.618 e. The van der Waals surface area contributed by atoms with E-state index in [9.17, 15) is 10.3 Å². The highest BCUT2D eigenvalue weighted by Crippen LogP contribution is 2.19. The number of quaternary nitrogens is 1. The number of nitrogens with zero attached hydrogens (tertiary/aromatic N) is 2. The van der Waals surface area contributed by atoms with Crippen molar-refractivity contribution in [3.8, 4) is 0 Å². The summed E-state index contributed by atoms with van der Waals surface area (Å²) in [5, 5.41) is 22.7. The molecule has 0 amide bonds. The van der Waals surface area contributed by atoms with Crippen LogP contribution in [-0.2, 0) is 0 Å². The smallest absolute Gasteiger partial charge is 0.227 e. The van der Waals surface area contributed by atoms with Gasteiger partial charge in [0.05, 0.1) is 26.2 Å². The molecule has 5 nitrogen and oxygen atoms in total. The van der Waals surface area contributed by atoms with Crippen molar-refractivity contribution in [1.82, 2.24) is 0 Å². The molecule has 1 aromatic carbocycles. The fourth-order valence-corrected chi connectivity index (χ4v) is 3.22. The summed E-state index contributed by atoms with van der Waals surface area (Å²) in [7, 11) is 0. The SMILES string of the molecule is [O-][n+]1ccccc1[C@H](O)C[NH+]1CCN(c2cccc(Cl)c2)CC1. The highest BCUT2D eigenvalue weighted by atomic mass is 35.5. The number of hydrogen-bond donors (Lipinski definition) is 2. The van der Waals surface area contributed by atoms with Crippen LogP contribution >= 0.6 is 11.6 Å². The second-order valence-electron chi connectivity index (χ2n) is 5.89. The monoisotopic (exact) mass is 334 g/mol. The lowest BCUT2D eigenvalue weighted by Gasteiger charge is -2.34. The van der Waals surface area contributed by atoms with E-state index < -0.39 is 6.10 Å². The fourth-order valence-electron chi connectivity index (χ4n) is 3.04. The minimum absolute atomic E-state index is 0.414. The van der Waals surface area contributed by atoms with E-state index in [0.717, 1.165) is 41.6 Å². The Morgan fingerprint density at radius 3 is 2.70 bits per heavy atom. The minimum atomic E-state index is -0.735. The van der Waals surface area contributed by atoms with Gasteiger partial charge < -0.3 is 20.1 Å². The Kier molecular flexibility index (Phi) is 5.00. The Labute approximate surface area is 140 Å². The van der Waals surface area contributed by atoms with Gasteiger partial charge in [0, 0.05) is 22.8 Å². The first kappa shape index (κ1) is 16.1. The summed E-state index contributed by atoms with van der Waals surface area (Å²) in [6.07, 6.45) is 0.687. The number of benzene rings is 1. The van der Waals surface area contributed by atoms with E-state index in [2.05, 4.69) is 11.0 Å². The van der Waals surface area contributed by atoms with E-state index in [0.29, 0.717) is 12.2 Å². The molecule has 0 radical (unpaired) electrons. The van der Waals surface area contributed by atoms with Gasteiger partial charge in [-0.3, -0.25) is 0 Å². The molecule has 1 aliphatic rings. The Balaban J connectivity index is 1.56. The molecule has 0 saturated carbocycles. The van der Waals surface area contributed by atoms with Crippen molar-refractivity contribution in [3.05, 3.63) is 64.6 Å². The number of hydrogen-bond acceptors (Lipinski definition) is 3. The molecular weight excluding hydrogens is 314 g/mol. The molecule has 1 aliphatic heterocycles. The first-order chi connectivity index (χ1) is 11.1. The van der Waals surface area contributed by atoms with E-state index >= 15 is 0 Å². The van der Waals surface area contributed by atoms with Gasteiger partial charge in [0.1, 0.15) is 6.54 Å². The van der Waals surface area contributed by atoms with Gasteiger partial charge in [0.25, 0.3) is 0 Å². The molecule has 6 heteroatoms. The summed E-state index contributed by atoms with van der Waals surface area (Å²) in [6.45, 7) is 4.23. The number of aliphatic hydroxyl groups is 1. The summed E-state index contributed by atoms with van der Waals surface area (Å²) in [6, 6.07) is 13.0. The van der Waals surface area contributed by atoms with Crippen molar-refractivity contribution in [2.24, 2.45) is 0 Å². The summed E-state index contributed by atoms with van der Waals surface area (Å²) < 4.78 is 0.742. The van der Waals surface area contributed by atoms with E-state index in [-0.39, 0.29) is 0 Å². The second kappa shape index (κ2) is 7.17. The van der Waals surface area contributed by atoms with E-state index in [1.54, 1.807) is 18.2 Å². The standard InChI is InChI=1S/C17H20ClN3O2/c18-14-4-3-5-15(12-14)20-10-8-19(9-11-20)13-17(22)16-6-1-2-7-21(16)23/h1-7,12,17,22H,8-11,13H2/p+1/t17-/m1/s1. The van der Waals surface area contributed by atoms with Crippen LogP contribution < -0.4 is 14.5 Å². The first-order valence-corrected chi connectivity index (χ1v) is 8.21. The minimum Gasteiger partial charge on any atom is -0.618 e. The van der Waals surface area contributed by atoms with Crippen molar-refractivity contribution in [2.45, 2.75) is 6.10 Å². The Hall–Kier alpha value is -1.82. The molecule has 1 fully saturated rings. The van der Waals surface area contributed by atoms with E-state index in [1.807, 2.05) is 18.2 Å². The molecule has 0 unspecified atom stereocenters. The normalized spacial score (nSPS) is 17.2. The van der Waals surface area contributed by atoms with Crippen molar-refractivity contribution < 1.29 is 14.7 Å². The van der Waals surface area contributed by atoms with Crippen LogP contribution in [0.5, 0.6) is 0 Å². The van der Waals surface area contributed by atoms with Crippen LogP contribution in [0, 0.1) is 5.21 Å². The first-order valence-electron chi connectivity index (χ1n) is 7.84.